The van der Waals surface area contributed by atoms with Gasteiger partial charge < -0.3 is 30.6 Å². The molecule has 194 valence electrons. The normalized spacial score (nSPS) is 47.2. The van der Waals surface area contributed by atoms with Gasteiger partial charge in [0.25, 0.3) is 0 Å². The van der Waals surface area contributed by atoms with Crippen molar-refractivity contribution in [3.63, 3.8) is 0 Å². The molecule has 4 aliphatic rings. The molecule has 0 saturated heterocycles. The fraction of sp³-hybridized carbons (Fsp3) is 0.889. The topological polar surface area (TPSA) is 138 Å². The molecule has 0 spiro atoms. The van der Waals surface area contributed by atoms with Crippen LogP contribution in [-0.2, 0) is 4.79 Å². The van der Waals surface area contributed by atoms with Crippen LogP contribution in [0.4, 0.5) is 0 Å². The molecular formula is C27H44O7. The molecule has 0 aromatic carbocycles. The molecule has 6 N–H and O–H groups in total. The fourth-order valence-corrected chi connectivity index (χ4v) is 8.32. The van der Waals surface area contributed by atoms with E-state index in [0.717, 1.165) is 0 Å². The van der Waals surface area contributed by atoms with E-state index in [4.69, 9.17) is 0 Å². The Morgan fingerprint density at radius 3 is 2.32 bits per heavy atom. The number of hydrogen-bond donors (Lipinski definition) is 6. The average Bonchev–Trinajstić information content (AvgIpc) is 3.00. The van der Waals surface area contributed by atoms with Gasteiger partial charge in [-0.3, -0.25) is 4.79 Å². The number of carbonyl (C=O) groups excluding carboxylic acids is 1. The summed E-state index contributed by atoms with van der Waals surface area (Å²) in [4.78, 5) is 13.2. The molecule has 2 unspecified atom stereocenters. The molecule has 34 heavy (non-hydrogen) atoms. The van der Waals surface area contributed by atoms with E-state index in [1.54, 1.807) is 26.8 Å². The number of aliphatic hydroxyl groups excluding tert-OH is 3. The molecule has 0 aromatic heterocycles. The smallest absolute Gasteiger partial charge is 0.159 e. The summed E-state index contributed by atoms with van der Waals surface area (Å²) in [5.74, 6) is -0.948. The van der Waals surface area contributed by atoms with Crippen molar-refractivity contribution < 1.29 is 35.4 Å². The largest absolute Gasteiger partial charge is 0.390 e. The summed E-state index contributed by atoms with van der Waals surface area (Å²) in [5.41, 5.74) is -4.27. The van der Waals surface area contributed by atoms with Gasteiger partial charge in [0.1, 0.15) is 0 Å². The maximum absolute atomic E-state index is 13.2. The van der Waals surface area contributed by atoms with Crippen LogP contribution in [0.25, 0.3) is 0 Å². The zero-order valence-corrected chi connectivity index (χ0v) is 21.3. The predicted octanol–water partition coefficient (Wildman–Crippen LogP) is 1.85. The highest BCUT2D eigenvalue weighted by atomic mass is 16.3. The number of carbonyl (C=O) groups is 1. The van der Waals surface area contributed by atoms with Crippen LogP contribution < -0.4 is 0 Å². The van der Waals surface area contributed by atoms with Gasteiger partial charge >= 0.3 is 0 Å². The lowest BCUT2D eigenvalue weighted by Gasteiger charge is -2.60. The number of rotatable bonds is 5. The fourth-order valence-electron chi connectivity index (χ4n) is 8.32. The third-order valence-electron chi connectivity index (χ3n) is 10.5. The Hall–Kier alpha value is -0.830. The monoisotopic (exact) mass is 480 g/mol. The van der Waals surface area contributed by atoms with Crippen molar-refractivity contribution in [3.05, 3.63) is 11.6 Å². The van der Waals surface area contributed by atoms with E-state index in [1.807, 2.05) is 13.8 Å². The molecule has 3 fully saturated rings. The van der Waals surface area contributed by atoms with Gasteiger partial charge in [-0.1, -0.05) is 13.8 Å². The molecule has 0 aliphatic heterocycles. The number of hydrogen-bond acceptors (Lipinski definition) is 7. The van der Waals surface area contributed by atoms with Crippen LogP contribution in [0.5, 0.6) is 0 Å². The van der Waals surface area contributed by atoms with Crippen molar-refractivity contribution in [2.24, 2.45) is 28.6 Å². The predicted molar refractivity (Wildman–Crippen MR) is 127 cm³/mol. The van der Waals surface area contributed by atoms with Gasteiger partial charge in [0.2, 0.25) is 0 Å². The van der Waals surface area contributed by atoms with E-state index < -0.39 is 45.9 Å². The minimum absolute atomic E-state index is 0.0840. The molecular weight excluding hydrogens is 436 g/mol. The molecule has 0 amide bonds. The minimum atomic E-state index is -1.46. The van der Waals surface area contributed by atoms with E-state index in [1.165, 1.54) is 0 Å². The van der Waals surface area contributed by atoms with Crippen molar-refractivity contribution in [1.29, 1.82) is 0 Å². The average molecular weight is 481 g/mol. The quantitative estimate of drug-likeness (QED) is 0.353. The lowest BCUT2D eigenvalue weighted by molar-refractivity contribution is -0.177. The maximum Gasteiger partial charge on any atom is 0.159 e. The zero-order chi connectivity index (χ0) is 25.5. The Morgan fingerprint density at radius 1 is 1.06 bits per heavy atom. The Labute approximate surface area is 202 Å². The summed E-state index contributed by atoms with van der Waals surface area (Å²) in [6.07, 6.45) is 2.11. The Kier molecular flexibility index (Phi) is 6.24. The maximum atomic E-state index is 13.2. The lowest BCUT2D eigenvalue weighted by Crippen LogP contribution is -2.62. The van der Waals surface area contributed by atoms with Crippen LogP contribution in [0.2, 0.25) is 0 Å². The summed E-state index contributed by atoms with van der Waals surface area (Å²) in [6.45, 7) is 8.96. The van der Waals surface area contributed by atoms with Crippen LogP contribution in [0.3, 0.4) is 0 Å². The van der Waals surface area contributed by atoms with Gasteiger partial charge in [0, 0.05) is 11.3 Å². The van der Waals surface area contributed by atoms with Gasteiger partial charge in [-0.25, -0.2) is 0 Å². The van der Waals surface area contributed by atoms with Crippen LogP contribution in [-0.4, -0.2) is 71.5 Å². The first kappa shape index (κ1) is 26.2. The molecule has 0 aromatic rings. The summed E-state index contributed by atoms with van der Waals surface area (Å²) >= 11 is 0. The number of fused-ring (bicyclic) bond motifs is 5. The first-order valence-corrected chi connectivity index (χ1v) is 12.9. The van der Waals surface area contributed by atoms with E-state index in [2.05, 4.69) is 0 Å². The molecule has 7 heteroatoms. The Balaban J connectivity index is 1.66. The molecule has 4 rings (SSSR count). The van der Waals surface area contributed by atoms with Crippen molar-refractivity contribution in [3.8, 4) is 0 Å². The Morgan fingerprint density at radius 2 is 1.71 bits per heavy atom. The zero-order valence-electron chi connectivity index (χ0n) is 21.3. The van der Waals surface area contributed by atoms with E-state index in [9.17, 15) is 35.4 Å². The van der Waals surface area contributed by atoms with Crippen molar-refractivity contribution in [1.82, 2.24) is 0 Å². The summed E-state index contributed by atoms with van der Waals surface area (Å²) < 4.78 is 0. The standard InChI is InChI=1S/C27H44O7/c1-23(2,32)9-8-22(31)26(5,33)21-7-11-27(34)16-12-18(28)17-13-19(29)20(30)14-24(17,3)15(16)6-10-25(21,27)4/h12,15,17,19-22,29-34H,6-11,13-14H2,1-5H3/t15?,17-,19-,20+,21?,22-,24-,25-,26+,27-/m1/s1. The second-order valence-corrected chi connectivity index (χ2v) is 13.2. The first-order chi connectivity index (χ1) is 15.5. The molecule has 4 aliphatic carbocycles. The van der Waals surface area contributed by atoms with Crippen molar-refractivity contribution in [2.75, 3.05) is 0 Å². The first-order valence-electron chi connectivity index (χ1n) is 12.9. The van der Waals surface area contributed by atoms with Crippen LogP contribution in [0.1, 0.15) is 86.0 Å². The SMILES string of the molecule is CC(C)(O)CC[C@@H](O)[C@@](C)(O)C1CC[C@@]2(O)C3=CC(=O)[C@H]4C[C@@H](O)[C@@H](O)C[C@]4(C)C3CC[C@]12C. The van der Waals surface area contributed by atoms with Crippen LogP contribution in [0.15, 0.2) is 11.6 Å². The molecule has 7 nitrogen and oxygen atoms in total. The lowest BCUT2D eigenvalue weighted by atomic mass is 9.45. The van der Waals surface area contributed by atoms with Gasteiger partial charge in [0.05, 0.1) is 35.1 Å². The molecule has 10 atom stereocenters. The van der Waals surface area contributed by atoms with E-state index in [0.29, 0.717) is 44.1 Å². The summed E-state index contributed by atoms with van der Waals surface area (Å²) in [5, 5.41) is 65.5. The number of allylic oxidation sites excluding steroid dienone is 1. The molecule has 0 bridgehead atoms. The molecule has 0 radical (unpaired) electrons. The van der Waals surface area contributed by atoms with Gasteiger partial charge in [0.15, 0.2) is 5.78 Å². The van der Waals surface area contributed by atoms with Gasteiger partial charge in [-0.15, -0.1) is 0 Å². The second kappa shape index (κ2) is 8.09. The Bertz CT molecular complexity index is 860. The van der Waals surface area contributed by atoms with Crippen molar-refractivity contribution >= 4 is 5.78 Å². The minimum Gasteiger partial charge on any atom is -0.390 e. The molecule has 3 saturated carbocycles. The third kappa shape index (κ3) is 3.73. The highest BCUT2D eigenvalue weighted by Crippen LogP contribution is 2.68. The summed E-state index contributed by atoms with van der Waals surface area (Å²) in [6, 6.07) is 0. The highest BCUT2D eigenvalue weighted by molar-refractivity contribution is 5.95. The van der Waals surface area contributed by atoms with Crippen LogP contribution in [0, 0.1) is 28.6 Å². The van der Waals surface area contributed by atoms with Crippen LogP contribution >= 0.6 is 0 Å². The molecule has 0 heterocycles. The highest BCUT2D eigenvalue weighted by Gasteiger charge is 2.69. The van der Waals surface area contributed by atoms with Gasteiger partial charge in [-0.05, 0) is 101 Å². The third-order valence-corrected chi connectivity index (χ3v) is 10.5. The number of ketones is 1. The van der Waals surface area contributed by atoms with E-state index in [-0.39, 0.29) is 36.4 Å². The van der Waals surface area contributed by atoms with E-state index >= 15 is 0 Å². The van der Waals surface area contributed by atoms with Gasteiger partial charge in [-0.2, -0.15) is 0 Å². The summed E-state index contributed by atoms with van der Waals surface area (Å²) in [7, 11) is 0. The van der Waals surface area contributed by atoms with Crippen molar-refractivity contribution in [2.45, 2.75) is 121 Å². The number of aliphatic hydroxyl groups is 6. The second-order valence-electron chi connectivity index (χ2n) is 13.2.